The van der Waals surface area contributed by atoms with Gasteiger partial charge in [-0.25, -0.2) is 0 Å². The van der Waals surface area contributed by atoms with Crippen LogP contribution < -0.4 is 10.6 Å². The van der Waals surface area contributed by atoms with E-state index in [2.05, 4.69) is 25.9 Å². The molecule has 1 atom stereocenters. The summed E-state index contributed by atoms with van der Waals surface area (Å²) >= 11 is 0. The zero-order chi connectivity index (χ0) is 23.3. The Labute approximate surface area is 185 Å². The molecule has 2 aromatic heterocycles. The lowest BCUT2D eigenvalue weighted by Gasteiger charge is -2.18. The molecule has 0 fully saturated rings. The van der Waals surface area contributed by atoms with Gasteiger partial charge >= 0.3 is 0 Å². The Morgan fingerprint density at radius 1 is 1.28 bits per heavy atom. The second kappa shape index (κ2) is 9.43. The topological polar surface area (TPSA) is 139 Å². The van der Waals surface area contributed by atoms with E-state index in [0.29, 0.717) is 17.1 Å². The molecule has 2 N–H and O–H groups in total. The molecule has 3 aromatic rings. The second-order valence-corrected chi connectivity index (χ2v) is 8.34. The van der Waals surface area contributed by atoms with E-state index in [1.165, 1.54) is 11.1 Å². The first-order valence-electron chi connectivity index (χ1n) is 10.0. The van der Waals surface area contributed by atoms with Crippen LogP contribution in [0.15, 0.2) is 41.1 Å². The van der Waals surface area contributed by atoms with Crippen LogP contribution in [0.5, 0.6) is 0 Å². The quantitative estimate of drug-likeness (QED) is 0.539. The van der Waals surface area contributed by atoms with Crippen LogP contribution in [0.2, 0.25) is 0 Å². The van der Waals surface area contributed by atoms with Crippen LogP contribution in [0.3, 0.4) is 0 Å². The van der Waals surface area contributed by atoms with Gasteiger partial charge in [0.25, 0.3) is 5.91 Å². The Hall–Kier alpha value is -4.00. The summed E-state index contributed by atoms with van der Waals surface area (Å²) in [5.74, 6) is -0.534. The van der Waals surface area contributed by atoms with Gasteiger partial charge in [0.2, 0.25) is 18.2 Å². The maximum Gasteiger partial charge on any atom is 0.270 e. The monoisotopic (exact) mass is 435 g/mol. The summed E-state index contributed by atoms with van der Waals surface area (Å²) in [5, 5.41) is 26.1. The summed E-state index contributed by atoms with van der Waals surface area (Å²) in [7, 11) is 1.68. The van der Waals surface area contributed by atoms with Gasteiger partial charge in [-0.15, -0.1) is 10.2 Å². The maximum atomic E-state index is 13.0. The molecule has 0 bridgehead atoms. The number of nitrogens with zero attached hydrogens (tertiary/aromatic N) is 5. The zero-order valence-electron chi connectivity index (χ0n) is 18.4. The van der Waals surface area contributed by atoms with Gasteiger partial charge < -0.3 is 15.1 Å². The first kappa shape index (κ1) is 22.7. The summed E-state index contributed by atoms with van der Waals surface area (Å²) in [5.41, 5.74) is 2.35. The molecule has 0 spiro atoms. The number of hydrogen-bond donors (Lipinski definition) is 2. The lowest BCUT2D eigenvalue weighted by molar-refractivity contribution is -0.122. The number of benzene rings is 1. The third-order valence-electron chi connectivity index (χ3n) is 4.82. The number of carbonyl (C=O) groups excluding carboxylic acids is 2. The molecule has 2 amide bonds. The van der Waals surface area contributed by atoms with E-state index in [0.717, 1.165) is 11.3 Å². The molecule has 2 heterocycles. The summed E-state index contributed by atoms with van der Waals surface area (Å²) in [6, 6.07) is 9.95. The number of hydrogen-bond acceptors (Lipinski definition) is 7. The van der Waals surface area contributed by atoms with Crippen LogP contribution in [0.1, 0.15) is 42.5 Å². The molecule has 0 aliphatic rings. The number of rotatable bonds is 7. The van der Waals surface area contributed by atoms with Crippen molar-refractivity contribution in [2.24, 2.45) is 7.05 Å². The molecule has 166 valence electrons. The Morgan fingerprint density at radius 2 is 2.06 bits per heavy atom. The summed E-state index contributed by atoms with van der Waals surface area (Å²) < 4.78 is 6.72. The molecule has 32 heavy (non-hydrogen) atoms. The predicted octanol–water partition coefficient (Wildman–Crippen LogP) is 1.75. The van der Waals surface area contributed by atoms with Crippen LogP contribution in [0, 0.1) is 11.3 Å². The van der Waals surface area contributed by atoms with Gasteiger partial charge in [-0.1, -0.05) is 32.9 Å². The summed E-state index contributed by atoms with van der Waals surface area (Å²) in [4.78, 5) is 25.7. The Balaban J connectivity index is 1.83. The van der Waals surface area contributed by atoms with Gasteiger partial charge in [0.05, 0.1) is 11.8 Å². The van der Waals surface area contributed by atoms with E-state index >= 15 is 0 Å². The highest BCUT2D eigenvalue weighted by Gasteiger charge is 2.26. The average molecular weight is 435 g/mol. The minimum Gasteiger partial charge on any atom is -0.423 e. The molecule has 0 radical (unpaired) electrons. The Kier molecular flexibility index (Phi) is 6.68. The molecular weight excluding hydrogens is 410 g/mol. The Bertz CT molecular complexity index is 1140. The van der Waals surface area contributed by atoms with Crippen molar-refractivity contribution >= 4 is 11.8 Å². The largest absolute Gasteiger partial charge is 0.423 e. The van der Waals surface area contributed by atoms with Gasteiger partial charge in [0.15, 0.2) is 0 Å². The molecule has 10 nitrogen and oxygen atoms in total. The van der Waals surface area contributed by atoms with Crippen molar-refractivity contribution < 1.29 is 14.0 Å². The minimum absolute atomic E-state index is 0.160. The van der Waals surface area contributed by atoms with Crippen molar-refractivity contribution in [1.29, 1.82) is 5.26 Å². The first-order valence-corrected chi connectivity index (χ1v) is 10.0. The van der Waals surface area contributed by atoms with Crippen LogP contribution in [0.25, 0.3) is 11.5 Å². The zero-order valence-corrected chi connectivity index (χ0v) is 18.4. The number of aryl methyl sites for hydroxylation is 1. The number of aromatic nitrogens is 4. The van der Waals surface area contributed by atoms with Gasteiger partial charge in [0, 0.05) is 24.4 Å². The standard InChI is InChI=1S/C22H25N7O3/c1-22(2,3)18-12-17(29(4)28-18)20(31)26-16(19(30)24-9-8-23)11-14-6-5-7-15(10-14)21-27-25-13-32-21/h5-7,10,12-13,16H,9,11H2,1-4H3,(H,24,30)(H,26,31)/t16-/m0/s1. The van der Waals surface area contributed by atoms with Crippen LogP contribution >= 0.6 is 0 Å². The van der Waals surface area contributed by atoms with E-state index < -0.39 is 17.9 Å². The van der Waals surface area contributed by atoms with E-state index in [1.807, 2.05) is 45.0 Å². The van der Waals surface area contributed by atoms with E-state index in [9.17, 15) is 9.59 Å². The molecule has 0 aliphatic carbocycles. The molecule has 10 heteroatoms. The maximum absolute atomic E-state index is 13.0. The van der Waals surface area contributed by atoms with Gasteiger partial charge in [-0.3, -0.25) is 14.3 Å². The highest BCUT2D eigenvalue weighted by molar-refractivity contribution is 5.96. The van der Waals surface area contributed by atoms with Crippen LogP contribution in [-0.4, -0.2) is 44.4 Å². The van der Waals surface area contributed by atoms with Crippen molar-refractivity contribution in [3.63, 3.8) is 0 Å². The van der Waals surface area contributed by atoms with Crippen molar-refractivity contribution in [1.82, 2.24) is 30.6 Å². The second-order valence-electron chi connectivity index (χ2n) is 8.34. The van der Waals surface area contributed by atoms with Gasteiger partial charge in [-0.05, 0) is 23.8 Å². The molecule has 1 aromatic carbocycles. The number of carbonyl (C=O) groups is 2. The smallest absolute Gasteiger partial charge is 0.270 e. The molecule has 0 saturated carbocycles. The van der Waals surface area contributed by atoms with Crippen LogP contribution in [0.4, 0.5) is 0 Å². The highest BCUT2D eigenvalue weighted by atomic mass is 16.4. The minimum atomic E-state index is -0.901. The molecular formula is C22H25N7O3. The normalized spacial score (nSPS) is 12.1. The fraction of sp³-hybridized carbons (Fsp3) is 0.364. The Morgan fingerprint density at radius 3 is 2.69 bits per heavy atom. The molecule has 0 unspecified atom stereocenters. The summed E-state index contributed by atoms with van der Waals surface area (Å²) in [6.07, 6.45) is 1.44. The molecule has 0 saturated heterocycles. The van der Waals surface area contributed by atoms with Crippen LogP contribution in [-0.2, 0) is 23.7 Å². The molecule has 0 aliphatic heterocycles. The van der Waals surface area contributed by atoms with E-state index in [4.69, 9.17) is 9.68 Å². The fourth-order valence-corrected chi connectivity index (χ4v) is 3.10. The third kappa shape index (κ3) is 5.37. The summed E-state index contributed by atoms with van der Waals surface area (Å²) in [6.45, 7) is 5.86. The number of nitrogens with one attached hydrogen (secondary N) is 2. The number of nitriles is 1. The lowest BCUT2D eigenvalue weighted by atomic mass is 9.92. The van der Waals surface area contributed by atoms with Crippen molar-refractivity contribution in [2.45, 2.75) is 38.6 Å². The average Bonchev–Trinajstić information content (AvgIpc) is 3.41. The lowest BCUT2D eigenvalue weighted by Crippen LogP contribution is -2.48. The highest BCUT2D eigenvalue weighted by Crippen LogP contribution is 2.22. The predicted molar refractivity (Wildman–Crippen MR) is 115 cm³/mol. The van der Waals surface area contributed by atoms with Crippen molar-refractivity contribution in [2.75, 3.05) is 6.54 Å². The fourth-order valence-electron chi connectivity index (χ4n) is 3.10. The molecule has 3 rings (SSSR count). The van der Waals surface area contributed by atoms with Crippen molar-refractivity contribution in [3.05, 3.63) is 53.7 Å². The number of amides is 2. The van der Waals surface area contributed by atoms with E-state index in [1.54, 1.807) is 19.2 Å². The first-order chi connectivity index (χ1) is 15.2. The van der Waals surface area contributed by atoms with Gasteiger partial charge in [0.1, 0.15) is 18.3 Å². The van der Waals surface area contributed by atoms with E-state index in [-0.39, 0.29) is 18.4 Å². The third-order valence-corrected chi connectivity index (χ3v) is 4.82. The van der Waals surface area contributed by atoms with Gasteiger partial charge in [-0.2, -0.15) is 10.4 Å². The SMILES string of the molecule is Cn1nc(C(C)(C)C)cc1C(=O)N[C@@H](Cc1cccc(-c2nnco2)c1)C(=O)NCC#N. The van der Waals surface area contributed by atoms with Crippen molar-refractivity contribution in [3.8, 4) is 17.5 Å².